The summed E-state index contributed by atoms with van der Waals surface area (Å²) in [6.07, 6.45) is 0.121. The van der Waals surface area contributed by atoms with Gasteiger partial charge in [-0.05, 0) is 86.2 Å². The molecule has 0 aliphatic carbocycles. The molecule has 1 atom stereocenters. The molecule has 8 nitrogen and oxygen atoms in total. The van der Waals surface area contributed by atoms with Crippen molar-refractivity contribution in [2.24, 2.45) is 0 Å². The molecule has 0 spiro atoms. The molecule has 3 amide bonds. The Morgan fingerprint density at radius 3 is 2.10 bits per heavy atom. The minimum atomic E-state index is -4.16. The van der Waals surface area contributed by atoms with Gasteiger partial charge in [0.25, 0.3) is 5.91 Å². The lowest BCUT2D eigenvalue weighted by atomic mass is 10.0. The van der Waals surface area contributed by atoms with Gasteiger partial charge in [-0.1, -0.05) is 36.4 Å². The zero-order valence-corrected chi connectivity index (χ0v) is 23.6. The Morgan fingerprint density at radius 1 is 0.949 bits per heavy atom. The monoisotopic (exact) mass is 547 g/mol. The fraction of sp³-hybridized carbons (Fsp3) is 0.300. The number of anilines is 2. The lowest BCUT2D eigenvalue weighted by Gasteiger charge is -2.29. The Bertz CT molecular complexity index is 1510. The number of carbonyl (C=O) groups excluding carboxylic acids is 3. The van der Waals surface area contributed by atoms with Crippen molar-refractivity contribution in [2.75, 3.05) is 16.8 Å². The summed E-state index contributed by atoms with van der Waals surface area (Å²) >= 11 is 0. The summed E-state index contributed by atoms with van der Waals surface area (Å²) in [5.41, 5.74) is 4.71. The molecule has 9 heteroatoms. The molecule has 0 bridgehead atoms. The smallest absolute Gasteiger partial charge is 0.252 e. The van der Waals surface area contributed by atoms with E-state index in [-0.39, 0.29) is 23.8 Å². The summed E-state index contributed by atoms with van der Waals surface area (Å²) in [7, 11) is -4.16. The molecule has 1 unspecified atom stereocenters. The first-order chi connectivity index (χ1) is 18.4. The zero-order valence-electron chi connectivity index (χ0n) is 22.8. The van der Waals surface area contributed by atoms with Crippen LogP contribution in [-0.2, 0) is 30.8 Å². The molecule has 4 rings (SSSR count). The number of aryl methyl sites for hydroxylation is 2. The SMILES string of the molecule is CC(=O)Nc1ccc(N2C(=O)CC(N(CCc3ccccc3)S(=O)(=O)c3c(C)c(C)cc(C)c3C)C2=O)cc1. The molecule has 1 saturated heterocycles. The van der Waals surface area contributed by atoms with Gasteiger partial charge in [0.1, 0.15) is 6.04 Å². The van der Waals surface area contributed by atoms with E-state index >= 15 is 0 Å². The molecule has 1 fully saturated rings. The molecule has 1 aliphatic heterocycles. The lowest BCUT2D eigenvalue weighted by Crippen LogP contribution is -2.46. The Labute approximate surface area is 229 Å². The quantitative estimate of drug-likeness (QED) is 0.420. The van der Waals surface area contributed by atoms with Crippen molar-refractivity contribution in [3.8, 4) is 0 Å². The lowest BCUT2D eigenvalue weighted by molar-refractivity contribution is -0.122. The Kier molecular flexibility index (Phi) is 8.04. The number of imide groups is 1. The van der Waals surface area contributed by atoms with Crippen LogP contribution in [0.15, 0.2) is 65.6 Å². The van der Waals surface area contributed by atoms with Gasteiger partial charge in [0.15, 0.2) is 0 Å². The number of amides is 3. The third-order valence-electron chi connectivity index (χ3n) is 7.24. The summed E-state index contributed by atoms with van der Waals surface area (Å²) < 4.78 is 29.9. The zero-order chi connectivity index (χ0) is 28.5. The highest BCUT2D eigenvalue weighted by atomic mass is 32.2. The number of nitrogens with one attached hydrogen (secondary N) is 1. The minimum Gasteiger partial charge on any atom is -0.326 e. The topological polar surface area (TPSA) is 104 Å². The molecule has 3 aromatic carbocycles. The van der Waals surface area contributed by atoms with Crippen molar-refractivity contribution < 1.29 is 22.8 Å². The highest BCUT2D eigenvalue weighted by molar-refractivity contribution is 7.89. The second-order valence-electron chi connectivity index (χ2n) is 9.96. The van der Waals surface area contributed by atoms with Crippen molar-refractivity contribution in [3.05, 3.63) is 88.5 Å². The van der Waals surface area contributed by atoms with E-state index in [4.69, 9.17) is 0 Å². The van der Waals surface area contributed by atoms with E-state index in [1.54, 1.807) is 38.1 Å². The third-order valence-corrected chi connectivity index (χ3v) is 9.43. The van der Waals surface area contributed by atoms with Gasteiger partial charge < -0.3 is 5.32 Å². The van der Waals surface area contributed by atoms with E-state index in [9.17, 15) is 22.8 Å². The van der Waals surface area contributed by atoms with E-state index in [1.165, 1.54) is 11.2 Å². The van der Waals surface area contributed by atoms with Crippen molar-refractivity contribution in [3.63, 3.8) is 0 Å². The fourth-order valence-corrected chi connectivity index (χ4v) is 7.18. The van der Waals surface area contributed by atoms with Crippen LogP contribution >= 0.6 is 0 Å². The predicted octanol–water partition coefficient (Wildman–Crippen LogP) is 4.44. The number of rotatable bonds is 8. The van der Waals surface area contributed by atoms with E-state index in [1.807, 2.05) is 50.2 Å². The number of nitrogens with zero attached hydrogens (tertiary/aromatic N) is 2. The van der Waals surface area contributed by atoms with Crippen LogP contribution in [0.4, 0.5) is 11.4 Å². The van der Waals surface area contributed by atoms with Crippen molar-refractivity contribution in [1.29, 1.82) is 0 Å². The normalized spacial score (nSPS) is 15.7. The molecule has 0 aromatic heterocycles. The molecule has 3 aromatic rings. The molecule has 1 heterocycles. The summed E-state index contributed by atoms with van der Waals surface area (Å²) in [5.74, 6) is -1.32. The Hall–Kier alpha value is -3.82. The summed E-state index contributed by atoms with van der Waals surface area (Å²) in [6.45, 7) is 8.70. The minimum absolute atomic E-state index is 0.0389. The second kappa shape index (κ2) is 11.1. The van der Waals surface area contributed by atoms with Crippen LogP contribution in [0.2, 0.25) is 0 Å². The van der Waals surface area contributed by atoms with Crippen LogP contribution in [0.25, 0.3) is 0 Å². The number of carbonyl (C=O) groups is 3. The van der Waals surface area contributed by atoms with Crippen molar-refractivity contribution in [1.82, 2.24) is 4.31 Å². The van der Waals surface area contributed by atoms with Crippen LogP contribution in [0, 0.1) is 27.7 Å². The van der Waals surface area contributed by atoms with Crippen LogP contribution in [0.3, 0.4) is 0 Å². The van der Waals surface area contributed by atoms with E-state index in [0.29, 0.717) is 28.9 Å². The highest BCUT2D eigenvalue weighted by Crippen LogP contribution is 2.34. The van der Waals surface area contributed by atoms with E-state index in [0.717, 1.165) is 21.6 Å². The Morgan fingerprint density at radius 2 is 1.54 bits per heavy atom. The van der Waals surface area contributed by atoms with Crippen molar-refractivity contribution in [2.45, 2.75) is 58.4 Å². The van der Waals surface area contributed by atoms with Crippen LogP contribution in [0.1, 0.15) is 41.2 Å². The maximum absolute atomic E-state index is 14.3. The average Bonchev–Trinajstić information content (AvgIpc) is 3.17. The molecule has 1 N–H and O–H groups in total. The number of hydrogen-bond acceptors (Lipinski definition) is 5. The number of benzene rings is 3. The maximum atomic E-state index is 14.3. The molecule has 39 heavy (non-hydrogen) atoms. The number of sulfonamides is 1. The summed E-state index contributed by atoms with van der Waals surface area (Å²) in [5, 5.41) is 2.65. The molecule has 204 valence electrons. The first-order valence-corrected chi connectivity index (χ1v) is 14.2. The fourth-order valence-electron chi connectivity index (χ4n) is 5.02. The van der Waals surface area contributed by atoms with Crippen LogP contribution in [0.5, 0.6) is 0 Å². The van der Waals surface area contributed by atoms with E-state index < -0.39 is 27.9 Å². The predicted molar refractivity (Wildman–Crippen MR) is 151 cm³/mol. The average molecular weight is 548 g/mol. The van der Waals surface area contributed by atoms with Gasteiger partial charge in [0, 0.05) is 19.2 Å². The molecular formula is C30H33N3O5S. The molecule has 0 saturated carbocycles. The van der Waals surface area contributed by atoms with Crippen LogP contribution < -0.4 is 10.2 Å². The van der Waals surface area contributed by atoms with Gasteiger partial charge >= 0.3 is 0 Å². The van der Waals surface area contributed by atoms with Crippen LogP contribution in [-0.4, -0.2) is 43.0 Å². The first-order valence-electron chi connectivity index (χ1n) is 12.8. The standard InChI is InChI=1S/C30H33N3O5S/c1-19-17-20(2)22(4)29(21(19)3)39(37,38)32(16-15-24-9-7-6-8-10-24)27-18-28(35)33(30(27)36)26-13-11-25(12-14-26)31-23(5)34/h6-14,17,27H,15-16,18H2,1-5H3,(H,31,34). The highest BCUT2D eigenvalue weighted by Gasteiger charge is 2.47. The van der Waals surface area contributed by atoms with Gasteiger partial charge in [-0.25, -0.2) is 13.3 Å². The molecular weight excluding hydrogens is 514 g/mol. The van der Waals surface area contributed by atoms with Gasteiger partial charge in [-0.3, -0.25) is 14.4 Å². The Balaban J connectivity index is 1.74. The summed E-state index contributed by atoms with van der Waals surface area (Å²) in [4.78, 5) is 39.5. The summed E-state index contributed by atoms with van der Waals surface area (Å²) in [6, 6.07) is 16.5. The van der Waals surface area contributed by atoms with Gasteiger partial charge in [0.05, 0.1) is 17.0 Å². The number of hydrogen-bond donors (Lipinski definition) is 1. The van der Waals surface area contributed by atoms with E-state index in [2.05, 4.69) is 5.32 Å². The molecule has 0 radical (unpaired) electrons. The third kappa shape index (κ3) is 5.65. The second-order valence-corrected chi connectivity index (χ2v) is 11.8. The maximum Gasteiger partial charge on any atom is 0.252 e. The van der Waals surface area contributed by atoms with Gasteiger partial charge in [-0.2, -0.15) is 4.31 Å². The first kappa shape index (κ1) is 28.2. The largest absolute Gasteiger partial charge is 0.326 e. The van der Waals surface area contributed by atoms with Gasteiger partial charge in [0.2, 0.25) is 21.8 Å². The molecule has 1 aliphatic rings. The van der Waals surface area contributed by atoms with Gasteiger partial charge in [-0.15, -0.1) is 0 Å². The van der Waals surface area contributed by atoms with Crippen molar-refractivity contribution >= 4 is 39.1 Å².